The number of phenols is 1. The number of nitrogen functional groups attached to an aromatic ring is 1. The molecule has 0 radical (unpaired) electrons. The Morgan fingerprint density at radius 2 is 1.71 bits per heavy atom. The van der Waals surface area contributed by atoms with E-state index >= 15 is 0 Å². The summed E-state index contributed by atoms with van der Waals surface area (Å²) < 4.78 is 6.69. The Morgan fingerprint density at radius 3 is 2.40 bits per heavy atom. The fraction of sp³-hybridized carbons (Fsp3) is 0.185. The molecule has 182 valence electrons. The zero-order chi connectivity index (χ0) is 25.2. The molecule has 0 heterocycles. The number of rotatable bonds is 9. The van der Waals surface area contributed by atoms with Gasteiger partial charge >= 0.3 is 6.09 Å². The standard InChI is InChI=1S/C27H28BrN3O4/c1-18(6-2-5-9-25(33)31-24-8-4-3-7-23(24)29)26(19-10-16-22(32)17-11-19)35-27(34)30-21-14-12-20(28)13-15-21/h3-5,7-18,26,32H,2,6,29H2,1H3,(H,30,34)(H,31,33)/b9-5+/t18-,26-/m0/s1. The number of anilines is 3. The normalized spacial score (nSPS) is 12.6. The summed E-state index contributed by atoms with van der Waals surface area (Å²) in [5, 5.41) is 15.1. The lowest BCUT2D eigenvalue weighted by molar-refractivity contribution is -0.111. The summed E-state index contributed by atoms with van der Waals surface area (Å²) in [4.78, 5) is 24.8. The second-order valence-electron chi connectivity index (χ2n) is 8.08. The largest absolute Gasteiger partial charge is 0.508 e. The zero-order valence-electron chi connectivity index (χ0n) is 19.3. The molecule has 0 aliphatic carbocycles. The second kappa shape index (κ2) is 12.6. The van der Waals surface area contributed by atoms with Crippen molar-refractivity contribution in [2.75, 3.05) is 16.4 Å². The van der Waals surface area contributed by atoms with Gasteiger partial charge in [0, 0.05) is 10.2 Å². The van der Waals surface area contributed by atoms with E-state index in [0.29, 0.717) is 29.9 Å². The monoisotopic (exact) mass is 537 g/mol. The minimum Gasteiger partial charge on any atom is -0.508 e. The molecule has 0 bridgehead atoms. The maximum Gasteiger partial charge on any atom is 0.412 e. The molecule has 0 saturated heterocycles. The topological polar surface area (TPSA) is 114 Å². The summed E-state index contributed by atoms with van der Waals surface area (Å²) in [7, 11) is 0. The number of carbonyl (C=O) groups excluding carboxylic acids is 2. The van der Waals surface area contributed by atoms with E-state index in [0.717, 1.165) is 10.0 Å². The van der Waals surface area contributed by atoms with Crippen LogP contribution in [0.5, 0.6) is 5.75 Å². The third kappa shape index (κ3) is 8.19. The number of phenolic OH excluding ortho intramolecular Hbond substituents is 1. The molecule has 2 amide bonds. The average molecular weight is 538 g/mol. The third-order valence-corrected chi connectivity index (χ3v) is 5.87. The van der Waals surface area contributed by atoms with Crippen molar-refractivity contribution >= 4 is 45.0 Å². The number of nitrogens with one attached hydrogen (secondary N) is 2. The van der Waals surface area contributed by atoms with Gasteiger partial charge in [-0.1, -0.05) is 53.2 Å². The Bertz CT molecular complexity index is 1160. The lowest BCUT2D eigenvalue weighted by Crippen LogP contribution is -2.22. The summed E-state index contributed by atoms with van der Waals surface area (Å²) >= 11 is 3.37. The summed E-state index contributed by atoms with van der Waals surface area (Å²) in [6.07, 6.45) is 3.39. The van der Waals surface area contributed by atoms with Crippen LogP contribution < -0.4 is 16.4 Å². The van der Waals surface area contributed by atoms with Crippen LogP contribution in [0.25, 0.3) is 0 Å². The van der Waals surface area contributed by atoms with Gasteiger partial charge in [-0.05, 0) is 78.9 Å². The van der Waals surface area contributed by atoms with Crippen molar-refractivity contribution in [1.82, 2.24) is 0 Å². The van der Waals surface area contributed by atoms with Crippen LogP contribution in [0.4, 0.5) is 21.9 Å². The van der Waals surface area contributed by atoms with Crippen molar-refractivity contribution < 1.29 is 19.4 Å². The minimum absolute atomic E-state index is 0.0623. The molecule has 0 fully saturated rings. The van der Waals surface area contributed by atoms with Crippen LogP contribution in [0.15, 0.2) is 89.4 Å². The van der Waals surface area contributed by atoms with E-state index in [1.54, 1.807) is 66.7 Å². The van der Waals surface area contributed by atoms with Crippen molar-refractivity contribution in [3.63, 3.8) is 0 Å². The molecule has 2 atom stereocenters. The first kappa shape index (κ1) is 25.8. The highest BCUT2D eigenvalue weighted by Crippen LogP contribution is 2.31. The number of benzene rings is 3. The molecule has 0 spiro atoms. The van der Waals surface area contributed by atoms with E-state index in [4.69, 9.17) is 10.5 Å². The number of hydrogen-bond donors (Lipinski definition) is 4. The summed E-state index contributed by atoms with van der Waals surface area (Å²) in [5.74, 6) is -0.198. The van der Waals surface area contributed by atoms with E-state index in [-0.39, 0.29) is 17.6 Å². The maximum absolute atomic E-state index is 12.6. The first-order valence-corrected chi connectivity index (χ1v) is 12.0. The fourth-order valence-corrected chi connectivity index (χ4v) is 3.72. The number of aromatic hydroxyl groups is 1. The van der Waals surface area contributed by atoms with Crippen LogP contribution in [0.1, 0.15) is 31.4 Å². The molecule has 0 saturated carbocycles. The maximum atomic E-state index is 12.6. The van der Waals surface area contributed by atoms with Crippen molar-refractivity contribution in [2.45, 2.75) is 25.9 Å². The van der Waals surface area contributed by atoms with Gasteiger partial charge in [-0.15, -0.1) is 0 Å². The molecule has 8 heteroatoms. The van der Waals surface area contributed by atoms with E-state index in [2.05, 4.69) is 26.6 Å². The lowest BCUT2D eigenvalue weighted by atomic mass is 9.93. The van der Waals surface area contributed by atoms with Crippen LogP contribution in [-0.4, -0.2) is 17.1 Å². The number of allylic oxidation sites excluding steroid dienone is 1. The minimum atomic E-state index is -0.576. The van der Waals surface area contributed by atoms with Crippen molar-refractivity contribution in [3.8, 4) is 5.75 Å². The van der Waals surface area contributed by atoms with E-state index in [1.165, 1.54) is 6.08 Å². The number of amides is 2. The number of hydrogen-bond acceptors (Lipinski definition) is 5. The Labute approximate surface area is 213 Å². The Kier molecular flexibility index (Phi) is 9.31. The number of nitrogens with two attached hydrogens (primary N) is 1. The van der Waals surface area contributed by atoms with E-state index < -0.39 is 12.2 Å². The Hall–Kier alpha value is -3.78. The van der Waals surface area contributed by atoms with Crippen LogP contribution in [-0.2, 0) is 9.53 Å². The lowest BCUT2D eigenvalue weighted by Gasteiger charge is -2.24. The molecule has 35 heavy (non-hydrogen) atoms. The predicted molar refractivity (Wildman–Crippen MR) is 142 cm³/mol. The molecule has 3 aromatic carbocycles. The number of ether oxygens (including phenoxy) is 1. The number of para-hydroxylation sites is 2. The molecular weight excluding hydrogens is 510 g/mol. The predicted octanol–water partition coefficient (Wildman–Crippen LogP) is 6.64. The molecule has 5 N–H and O–H groups in total. The first-order valence-electron chi connectivity index (χ1n) is 11.2. The summed E-state index contributed by atoms with van der Waals surface area (Å²) in [5.41, 5.74) is 8.29. The van der Waals surface area contributed by atoms with Gasteiger partial charge in [0.2, 0.25) is 5.91 Å². The highest BCUT2D eigenvalue weighted by atomic mass is 79.9. The molecule has 3 aromatic rings. The van der Waals surface area contributed by atoms with Crippen LogP contribution in [0.2, 0.25) is 0 Å². The third-order valence-electron chi connectivity index (χ3n) is 5.34. The fourth-order valence-electron chi connectivity index (χ4n) is 3.46. The van der Waals surface area contributed by atoms with Gasteiger partial charge < -0.3 is 20.9 Å². The second-order valence-corrected chi connectivity index (χ2v) is 9.00. The van der Waals surface area contributed by atoms with E-state index in [9.17, 15) is 14.7 Å². The molecular formula is C27H28BrN3O4. The van der Waals surface area contributed by atoms with Crippen LogP contribution in [0.3, 0.4) is 0 Å². The van der Waals surface area contributed by atoms with Gasteiger partial charge in [0.1, 0.15) is 11.9 Å². The highest BCUT2D eigenvalue weighted by molar-refractivity contribution is 9.10. The van der Waals surface area contributed by atoms with Gasteiger partial charge in [-0.2, -0.15) is 0 Å². The summed E-state index contributed by atoms with van der Waals surface area (Å²) in [6.45, 7) is 1.98. The Morgan fingerprint density at radius 1 is 1.03 bits per heavy atom. The van der Waals surface area contributed by atoms with E-state index in [1.807, 2.05) is 19.1 Å². The SMILES string of the molecule is C[C@@H](CC/C=C/C(=O)Nc1ccccc1N)[C@H](OC(=O)Nc1ccc(Br)cc1)c1ccc(O)cc1. The average Bonchev–Trinajstić information content (AvgIpc) is 2.84. The summed E-state index contributed by atoms with van der Waals surface area (Å²) in [6, 6.07) is 20.8. The molecule has 0 aromatic heterocycles. The van der Waals surface area contributed by atoms with Crippen LogP contribution in [0, 0.1) is 5.92 Å². The molecule has 0 aliphatic rings. The van der Waals surface area contributed by atoms with Crippen LogP contribution >= 0.6 is 15.9 Å². The van der Waals surface area contributed by atoms with Gasteiger partial charge in [0.25, 0.3) is 0 Å². The van der Waals surface area contributed by atoms with Crippen molar-refractivity contribution in [2.24, 2.45) is 5.92 Å². The molecule has 0 unspecified atom stereocenters. The highest BCUT2D eigenvalue weighted by Gasteiger charge is 2.23. The Balaban J connectivity index is 1.60. The molecule has 0 aliphatic heterocycles. The van der Waals surface area contributed by atoms with Gasteiger partial charge in [-0.3, -0.25) is 10.1 Å². The van der Waals surface area contributed by atoms with Crippen molar-refractivity contribution in [3.05, 3.63) is 95.0 Å². The number of halogens is 1. The smallest absolute Gasteiger partial charge is 0.412 e. The number of carbonyl (C=O) groups is 2. The van der Waals surface area contributed by atoms with Gasteiger partial charge in [0.05, 0.1) is 11.4 Å². The zero-order valence-corrected chi connectivity index (χ0v) is 20.9. The molecule has 3 rings (SSSR count). The molecule has 7 nitrogen and oxygen atoms in total. The van der Waals surface area contributed by atoms with Crippen molar-refractivity contribution in [1.29, 1.82) is 0 Å². The quantitative estimate of drug-likeness (QED) is 0.180. The van der Waals surface area contributed by atoms with Gasteiger partial charge in [-0.25, -0.2) is 4.79 Å². The first-order chi connectivity index (χ1) is 16.8. The van der Waals surface area contributed by atoms with Gasteiger partial charge in [0.15, 0.2) is 0 Å².